The number of benzene rings is 1. The molecule has 0 aliphatic carbocycles. The van der Waals surface area contributed by atoms with Crippen LogP contribution in [0, 0.1) is 12.9 Å². The molecule has 26 heavy (non-hydrogen) atoms. The van der Waals surface area contributed by atoms with Crippen molar-refractivity contribution >= 4 is 12.0 Å². The molecule has 1 heterocycles. The highest BCUT2D eigenvalue weighted by molar-refractivity contribution is 5.84. The molecule has 0 radical (unpaired) electrons. The first-order valence-corrected chi connectivity index (χ1v) is 8.16. The number of hydrogen-bond donors (Lipinski definition) is 1. The summed E-state index contributed by atoms with van der Waals surface area (Å²) in [7, 11) is 3.13. The van der Waals surface area contributed by atoms with Crippen LogP contribution < -0.4 is 5.32 Å². The van der Waals surface area contributed by atoms with Crippen molar-refractivity contribution in [3.8, 4) is 0 Å². The Morgan fingerprint density at radius 3 is 2.62 bits per heavy atom. The predicted molar refractivity (Wildman–Crippen MR) is 95.0 cm³/mol. The van der Waals surface area contributed by atoms with E-state index >= 15 is 0 Å². The van der Waals surface area contributed by atoms with Gasteiger partial charge in [0, 0.05) is 32.4 Å². The first-order chi connectivity index (χ1) is 12.4. The zero-order chi connectivity index (χ0) is 19.1. The SMILES string of the molecule is Cc1cnc(F)c(CNC(=O)C(COC(=O)N(C)C)c2ccccc2)c1. The van der Waals surface area contributed by atoms with E-state index in [9.17, 15) is 14.0 Å². The molecular weight excluding hydrogens is 337 g/mol. The van der Waals surface area contributed by atoms with Crippen LogP contribution in [0.25, 0.3) is 0 Å². The van der Waals surface area contributed by atoms with Crippen LogP contribution in [0.15, 0.2) is 42.6 Å². The second kappa shape index (κ2) is 8.94. The maximum absolute atomic E-state index is 13.7. The van der Waals surface area contributed by atoms with E-state index in [4.69, 9.17) is 4.74 Å². The number of hydrogen-bond acceptors (Lipinski definition) is 4. The van der Waals surface area contributed by atoms with Crippen LogP contribution >= 0.6 is 0 Å². The minimum atomic E-state index is -0.694. The number of rotatable bonds is 6. The van der Waals surface area contributed by atoms with E-state index in [1.165, 1.54) is 11.1 Å². The molecule has 0 bridgehead atoms. The summed E-state index contributed by atoms with van der Waals surface area (Å²) in [5.41, 5.74) is 1.81. The third kappa shape index (κ3) is 5.27. The van der Waals surface area contributed by atoms with Crippen molar-refractivity contribution in [2.45, 2.75) is 19.4 Å². The van der Waals surface area contributed by atoms with Gasteiger partial charge in [0.15, 0.2) is 0 Å². The van der Waals surface area contributed by atoms with Gasteiger partial charge in [-0.15, -0.1) is 0 Å². The molecule has 1 unspecified atom stereocenters. The number of aryl methyl sites for hydroxylation is 1. The Kier molecular flexibility index (Phi) is 6.66. The quantitative estimate of drug-likeness (QED) is 0.805. The third-order valence-corrected chi connectivity index (χ3v) is 3.76. The monoisotopic (exact) mass is 359 g/mol. The fourth-order valence-corrected chi connectivity index (χ4v) is 2.33. The molecule has 0 saturated carbocycles. The molecule has 0 saturated heterocycles. The van der Waals surface area contributed by atoms with Crippen molar-refractivity contribution in [2.75, 3.05) is 20.7 Å². The fourth-order valence-electron chi connectivity index (χ4n) is 2.33. The fraction of sp³-hybridized carbons (Fsp3) is 0.316. The van der Waals surface area contributed by atoms with E-state index in [0.717, 1.165) is 5.56 Å². The second-order valence-corrected chi connectivity index (χ2v) is 6.12. The second-order valence-electron chi connectivity index (χ2n) is 6.12. The highest BCUT2D eigenvalue weighted by Gasteiger charge is 2.23. The highest BCUT2D eigenvalue weighted by Crippen LogP contribution is 2.17. The van der Waals surface area contributed by atoms with Crippen molar-refractivity contribution in [3.05, 3.63) is 65.2 Å². The Labute approximate surface area is 152 Å². The molecule has 7 heteroatoms. The molecule has 2 amide bonds. The molecule has 0 aliphatic heterocycles. The number of carbonyl (C=O) groups excluding carboxylic acids is 2. The van der Waals surface area contributed by atoms with Gasteiger partial charge in [0.2, 0.25) is 11.9 Å². The van der Waals surface area contributed by atoms with E-state index in [2.05, 4.69) is 10.3 Å². The van der Waals surface area contributed by atoms with Crippen LogP contribution in [0.3, 0.4) is 0 Å². The third-order valence-electron chi connectivity index (χ3n) is 3.76. The molecule has 2 aromatic rings. The van der Waals surface area contributed by atoms with Crippen LogP contribution in [0.4, 0.5) is 9.18 Å². The Morgan fingerprint density at radius 2 is 1.96 bits per heavy atom. The van der Waals surface area contributed by atoms with E-state index in [-0.39, 0.29) is 19.1 Å². The van der Waals surface area contributed by atoms with Crippen molar-refractivity contribution in [3.63, 3.8) is 0 Å². The van der Waals surface area contributed by atoms with Crippen molar-refractivity contribution in [2.24, 2.45) is 0 Å². The normalized spacial score (nSPS) is 11.5. The van der Waals surface area contributed by atoms with Gasteiger partial charge >= 0.3 is 6.09 Å². The topological polar surface area (TPSA) is 71.5 Å². The number of ether oxygens (including phenoxy) is 1. The van der Waals surface area contributed by atoms with Gasteiger partial charge in [-0.1, -0.05) is 30.3 Å². The summed E-state index contributed by atoms with van der Waals surface area (Å²) in [5.74, 6) is -1.67. The average Bonchev–Trinajstić information content (AvgIpc) is 2.63. The maximum Gasteiger partial charge on any atom is 0.409 e. The first-order valence-electron chi connectivity index (χ1n) is 8.16. The summed E-state index contributed by atoms with van der Waals surface area (Å²) in [6.07, 6.45) is 0.890. The predicted octanol–water partition coefficient (Wildman–Crippen LogP) is 2.63. The number of nitrogens with zero attached hydrogens (tertiary/aromatic N) is 2. The van der Waals surface area contributed by atoms with Gasteiger partial charge in [0.25, 0.3) is 0 Å². The molecule has 138 valence electrons. The molecule has 1 aromatic heterocycles. The van der Waals surface area contributed by atoms with E-state index in [1.54, 1.807) is 51.4 Å². The molecule has 1 aromatic carbocycles. The Balaban J connectivity index is 2.09. The standard InChI is InChI=1S/C19H22FN3O3/c1-13-9-15(17(20)21-10-13)11-22-18(24)16(12-26-19(25)23(2)3)14-7-5-4-6-8-14/h4-10,16H,11-12H2,1-3H3,(H,22,24). The van der Waals surface area contributed by atoms with Gasteiger partial charge in [0.1, 0.15) is 6.61 Å². The van der Waals surface area contributed by atoms with Gasteiger partial charge < -0.3 is 15.0 Å². The Hall–Kier alpha value is -2.96. The number of nitrogens with one attached hydrogen (secondary N) is 1. The molecule has 0 aliphatic rings. The summed E-state index contributed by atoms with van der Waals surface area (Å²) < 4.78 is 18.9. The minimum Gasteiger partial charge on any atom is -0.448 e. The summed E-state index contributed by atoms with van der Waals surface area (Å²) in [6, 6.07) is 10.6. The molecule has 6 nitrogen and oxygen atoms in total. The molecule has 2 rings (SSSR count). The summed E-state index contributed by atoms with van der Waals surface area (Å²) in [6.45, 7) is 1.69. The van der Waals surface area contributed by atoms with Crippen LogP contribution in [-0.4, -0.2) is 42.6 Å². The average molecular weight is 359 g/mol. The molecular formula is C19H22FN3O3. The molecule has 1 N–H and O–H groups in total. The van der Waals surface area contributed by atoms with Crippen LogP contribution in [0.5, 0.6) is 0 Å². The van der Waals surface area contributed by atoms with Gasteiger partial charge in [-0.05, 0) is 24.1 Å². The van der Waals surface area contributed by atoms with Gasteiger partial charge in [-0.2, -0.15) is 4.39 Å². The minimum absolute atomic E-state index is 0.00427. The smallest absolute Gasteiger partial charge is 0.409 e. The molecule has 1 atom stereocenters. The van der Waals surface area contributed by atoms with Gasteiger partial charge in [-0.3, -0.25) is 4.79 Å². The zero-order valence-corrected chi connectivity index (χ0v) is 15.0. The molecule has 0 fully saturated rings. The lowest BCUT2D eigenvalue weighted by Crippen LogP contribution is -2.34. The van der Waals surface area contributed by atoms with Crippen LogP contribution in [0.2, 0.25) is 0 Å². The lowest BCUT2D eigenvalue weighted by molar-refractivity contribution is -0.123. The zero-order valence-electron chi connectivity index (χ0n) is 15.0. The highest BCUT2D eigenvalue weighted by atomic mass is 19.1. The van der Waals surface area contributed by atoms with Gasteiger partial charge in [0.05, 0.1) is 5.92 Å². The van der Waals surface area contributed by atoms with E-state index in [0.29, 0.717) is 11.1 Å². The van der Waals surface area contributed by atoms with Crippen molar-refractivity contribution < 1.29 is 18.7 Å². The molecule has 0 spiro atoms. The van der Waals surface area contributed by atoms with E-state index < -0.39 is 18.0 Å². The van der Waals surface area contributed by atoms with E-state index in [1.807, 2.05) is 6.07 Å². The number of carbonyl (C=O) groups is 2. The van der Waals surface area contributed by atoms with Crippen LogP contribution in [-0.2, 0) is 16.1 Å². The summed E-state index contributed by atoms with van der Waals surface area (Å²) in [4.78, 5) is 29.2. The number of amides is 2. The van der Waals surface area contributed by atoms with Crippen LogP contribution in [0.1, 0.15) is 22.6 Å². The summed E-state index contributed by atoms with van der Waals surface area (Å²) in [5, 5.41) is 2.69. The number of halogens is 1. The summed E-state index contributed by atoms with van der Waals surface area (Å²) >= 11 is 0. The lowest BCUT2D eigenvalue weighted by Gasteiger charge is -2.19. The number of aromatic nitrogens is 1. The maximum atomic E-state index is 13.7. The lowest BCUT2D eigenvalue weighted by atomic mass is 9.99. The first kappa shape index (κ1) is 19.4. The Morgan fingerprint density at radius 1 is 1.27 bits per heavy atom. The number of pyridine rings is 1. The van der Waals surface area contributed by atoms with Crippen molar-refractivity contribution in [1.82, 2.24) is 15.2 Å². The van der Waals surface area contributed by atoms with Crippen molar-refractivity contribution in [1.29, 1.82) is 0 Å². The largest absolute Gasteiger partial charge is 0.448 e. The Bertz CT molecular complexity index is 766. The van der Waals surface area contributed by atoms with Gasteiger partial charge in [-0.25, -0.2) is 9.78 Å².